The average molecular weight is 294 g/mol. The summed E-state index contributed by atoms with van der Waals surface area (Å²) >= 11 is 0. The predicted molar refractivity (Wildman–Crippen MR) is 80.4 cm³/mol. The van der Waals surface area contributed by atoms with Crippen LogP contribution in [0, 0.1) is 16.0 Å². The summed E-state index contributed by atoms with van der Waals surface area (Å²) in [4.78, 5) is 12.7. The van der Waals surface area contributed by atoms with E-state index < -0.39 is 4.92 Å². The lowest BCUT2D eigenvalue weighted by Gasteiger charge is -2.36. The number of methoxy groups -OCH3 is 1. The third-order valence-corrected chi connectivity index (χ3v) is 4.05. The molecule has 1 aliphatic rings. The van der Waals surface area contributed by atoms with Crippen molar-refractivity contribution < 1.29 is 14.8 Å². The first-order chi connectivity index (χ1) is 10.0. The summed E-state index contributed by atoms with van der Waals surface area (Å²) in [6, 6.07) is 4.89. The van der Waals surface area contributed by atoms with E-state index in [0.29, 0.717) is 6.61 Å². The number of hydrogen-bond acceptors (Lipinski definition) is 5. The number of anilines is 1. The smallest absolute Gasteiger partial charge is 0.269 e. The standard InChI is InChI=1S/C15H22N2O4/c1-11(18)12-4-3-7-16(9-12)15-6-5-14(17(19)20)8-13(15)10-21-2/h5-6,8,11-12,18H,3-4,7,9-10H2,1-2H3. The maximum atomic E-state index is 10.9. The van der Waals surface area contributed by atoms with Gasteiger partial charge >= 0.3 is 0 Å². The Morgan fingerprint density at radius 2 is 2.33 bits per heavy atom. The molecule has 1 aromatic carbocycles. The molecule has 0 aromatic heterocycles. The first-order valence-electron chi connectivity index (χ1n) is 7.22. The molecule has 0 radical (unpaired) electrons. The Morgan fingerprint density at radius 1 is 1.57 bits per heavy atom. The van der Waals surface area contributed by atoms with Crippen LogP contribution in [0.1, 0.15) is 25.3 Å². The van der Waals surface area contributed by atoms with Gasteiger partial charge in [-0.05, 0) is 25.8 Å². The van der Waals surface area contributed by atoms with Gasteiger partial charge in [-0.15, -0.1) is 0 Å². The van der Waals surface area contributed by atoms with Crippen LogP contribution in [0.25, 0.3) is 0 Å². The maximum Gasteiger partial charge on any atom is 0.269 e. The van der Waals surface area contributed by atoms with E-state index in [-0.39, 0.29) is 17.7 Å². The van der Waals surface area contributed by atoms with E-state index in [9.17, 15) is 15.2 Å². The molecule has 21 heavy (non-hydrogen) atoms. The van der Waals surface area contributed by atoms with Crippen LogP contribution in [0.15, 0.2) is 18.2 Å². The van der Waals surface area contributed by atoms with E-state index in [1.807, 2.05) is 6.92 Å². The summed E-state index contributed by atoms with van der Waals surface area (Å²) in [5.41, 5.74) is 1.86. The van der Waals surface area contributed by atoms with E-state index in [4.69, 9.17) is 4.74 Å². The molecule has 6 nitrogen and oxygen atoms in total. The van der Waals surface area contributed by atoms with Gasteiger partial charge in [-0.1, -0.05) is 0 Å². The van der Waals surface area contributed by atoms with E-state index in [1.54, 1.807) is 19.2 Å². The number of rotatable bonds is 5. The van der Waals surface area contributed by atoms with Crippen molar-refractivity contribution in [3.63, 3.8) is 0 Å². The van der Waals surface area contributed by atoms with Crippen molar-refractivity contribution in [2.24, 2.45) is 5.92 Å². The molecule has 0 aliphatic carbocycles. The van der Waals surface area contributed by atoms with Crippen molar-refractivity contribution in [3.8, 4) is 0 Å². The zero-order valence-corrected chi connectivity index (χ0v) is 12.5. The molecule has 0 spiro atoms. The van der Waals surface area contributed by atoms with Gasteiger partial charge < -0.3 is 14.7 Å². The van der Waals surface area contributed by atoms with Gasteiger partial charge in [0, 0.05) is 49.5 Å². The molecule has 1 N–H and O–H groups in total. The minimum atomic E-state index is -0.391. The number of nitrogens with zero attached hydrogens (tertiary/aromatic N) is 2. The fraction of sp³-hybridized carbons (Fsp3) is 0.600. The molecule has 0 amide bonds. The molecule has 2 atom stereocenters. The third kappa shape index (κ3) is 3.71. The molecule has 1 aliphatic heterocycles. The summed E-state index contributed by atoms with van der Waals surface area (Å²) in [6.07, 6.45) is 1.69. The van der Waals surface area contributed by atoms with E-state index in [0.717, 1.165) is 37.2 Å². The Kier molecular flexibility index (Phi) is 5.14. The summed E-state index contributed by atoms with van der Waals surface area (Å²) in [5, 5.41) is 20.7. The van der Waals surface area contributed by atoms with Crippen LogP contribution in [-0.2, 0) is 11.3 Å². The summed E-state index contributed by atoms with van der Waals surface area (Å²) in [5.74, 6) is 0.240. The highest BCUT2D eigenvalue weighted by Gasteiger charge is 2.25. The van der Waals surface area contributed by atoms with E-state index in [2.05, 4.69) is 4.90 Å². The Bertz CT molecular complexity index is 504. The largest absolute Gasteiger partial charge is 0.393 e. The van der Waals surface area contributed by atoms with Crippen LogP contribution in [-0.4, -0.2) is 36.3 Å². The number of hydrogen-bond donors (Lipinski definition) is 1. The van der Waals surface area contributed by atoms with Gasteiger partial charge in [0.2, 0.25) is 0 Å². The highest BCUT2D eigenvalue weighted by Crippen LogP contribution is 2.30. The second kappa shape index (κ2) is 6.87. The Labute approximate surface area is 124 Å². The normalized spacial score (nSPS) is 20.3. The fourth-order valence-electron chi connectivity index (χ4n) is 2.89. The van der Waals surface area contributed by atoms with Gasteiger partial charge in [-0.2, -0.15) is 0 Å². The number of benzene rings is 1. The zero-order chi connectivity index (χ0) is 15.4. The van der Waals surface area contributed by atoms with Crippen LogP contribution in [0.5, 0.6) is 0 Å². The second-order valence-corrected chi connectivity index (χ2v) is 5.59. The van der Waals surface area contributed by atoms with Crippen LogP contribution in [0.3, 0.4) is 0 Å². The van der Waals surface area contributed by atoms with Crippen LogP contribution in [0.4, 0.5) is 11.4 Å². The number of piperidine rings is 1. The SMILES string of the molecule is COCc1cc([N+](=O)[O-])ccc1N1CCCC(C(C)O)C1. The minimum Gasteiger partial charge on any atom is -0.393 e. The highest BCUT2D eigenvalue weighted by atomic mass is 16.6. The van der Waals surface area contributed by atoms with Crippen molar-refractivity contribution in [2.75, 3.05) is 25.1 Å². The average Bonchev–Trinajstić information content (AvgIpc) is 2.47. The quantitative estimate of drug-likeness (QED) is 0.666. The van der Waals surface area contributed by atoms with Crippen LogP contribution < -0.4 is 4.90 Å². The van der Waals surface area contributed by atoms with Crippen molar-refractivity contribution in [3.05, 3.63) is 33.9 Å². The van der Waals surface area contributed by atoms with Gasteiger partial charge in [-0.25, -0.2) is 0 Å². The predicted octanol–water partition coefficient (Wildman–Crippen LogP) is 2.34. The van der Waals surface area contributed by atoms with Gasteiger partial charge in [-0.3, -0.25) is 10.1 Å². The Hall–Kier alpha value is -1.66. The van der Waals surface area contributed by atoms with Crippen molar-refractivity contribution in [1.29, 1.82) is 0 Å². The Balaban J connectivity index is 2.27. The number of aliphatic hydroxyl groups is 1. The summed E-state index contributed by atoms with van der Waals surface area (Å²) in [6.45, 7) is 3.83. The number of ether oxygens (including phenoxy) is 1. The molecule has 116 valence electrons. The van der Waals surface area contributed by atoms with Crippen molar-refractivity contribution in [1.82, 2.24) is 0 Å². The number of nitro benzene ring substituents is 1. The second-order valence-electron chi connectivity index (χ2n) is 5.59. The number of nitro groups is 1. The summed E-state index contributed by atoms with van der Waals surface area (Å²) in [7, 11) is 1.58. The molecule has 1 aromatic rings. The minimum absolute atomic E-state index is 0.0786. The maximum absolute atomic E-state index is 10.9. The zero-order valence-electron chi connectivity index (χ0n) is 12.5. The van der Waals surface area contributed by atoms with Gasteiger partial charge in [0.25, 0.3) is 5.69 Å². The van der Waals surface area contributed by atoms with Crippen LogP contribution in [0.2, 0.25) is 0 Å². The number of non-ortho nitro benzene ring substituents is 1. The molecule has 1 fully saturated rings. The molecule has 6 heteroatoms. The molecule has 0 saturated carbocycles. The lowest BCUT2D eigenvalue weighted by atomic mass is 9.92. The lowest BCUT2D eigenvalue weighted by Crippen LogP contribution is -2.40. The topological polar surface area (TPSA) is 75.8 Å². The molecular formula is C15H22N2O4. The lowest BCUT2D eigenvalue weighted by molar-refractivity contribution is -0.384. The first-order valence-corrected chi connectivity index (χ1v) is 7.22. The third-order valence-electron chi connectivity index (χ3n) is 4.05. The molecule has 0 bridgehead atoms. The Morgan fingerprint density at radius 3 is 2.95 bits per heavy atom. The van der Waals surface area contributed by atoms with E-state index >= 15 is 0 Å². The van der Waals surface area contributed by atoms with Crippen molar-refractivity contribution in [2.45, 2.75) is 32.5 Å². The van der Waals surface area contributed by atoms with Gasteiger partial charge in [0.1, 0.15) is 0 Å². The molecule has 1 saturated heterocycles. The van der Waals surface area contributed by atoms with Gasteiger partial charge in [0.05, 0.1) is 17.6 Å². The first kappa shape index (κ1) is 15.7. The highest BCUT2D eigenvalue weighted by molar-refractivity contribution is 5.58. The van der Waals surface area contributed by atoms with E-state index in [1.165, 1.54) is 6.07 Å². The van der Waals surface area contributed by atoms with Gasteiger partial charge in [0.15, 0.2) is 0 Å². The molecule has 1 heterocycles. The molecular weight excluding hydrogens is 272 g/mol. The van der Waals surface area contributed by atoms with Crippen molar-refractivity contribution >= 4 is 11.4 Å². The van der Waals surface area contributed by atoms with Crippen LogP contribution >= 0.6 is 0 Å². The monoisotopic (exact) mass is 294 g/mol. The number of aliphatic hydroxyl groups excluding tert-OH is 1. The molecule has 2 rings (SSSR count). The summed E-state index contributed by atoms with van der Waals surface area (Å²) < 4.78 is 5.17. The molecule has 2 unspecified atom stereocenters. The fourth-order valence-corrected chi connectivity index (χ4v) is 2.89.